The first-order valence-electron chi connectivity index (χ1n) is 8.66. The van der Waals surface area contributed by atoms with Gasteiger partial charge in [0.05, 0.1) is 13.0 Å². The summed E-state index contributed by atoms with van der Waals surface area (Å²) < 4.78 is 10.7. The third-order valence-electron chi connectivity index (χ3n) is 3.87. The molecular weight excluding hydrogens is 346 g/mol. The highest BCUT2D eigenvalue weighted by Crippen LogP contribution is 2.16. The van der Waals surface area contributed by atoms with Gasteiger partial charge in [0.15, 0.2) is 11.9 Å². The van der Waals surface area contributed by atoms with Crippen LogP contribution in [0, 0.1) is 6.92 Å². The van der Waals surface area contributed by atoms with Crippen LogP contribution in [0.2, 0.25) is 0 Å². The zero-order valence-corrected chi connectivity index (χ0v) is 15.7. The van der Waals surface area contributed by atoms with Crippen molar-refractivity contribution in [3.63, 3.8) is 0 Å². The minimum atomic E-state index is -0.961. The van der Waals surface area contributed by atoms with Gasteiger partial charge in [-0.2, -0.15) is 0 Å². The van der Waals surface area contributed by atoms with Crippen LogP contribution >= 0.6 is 0 Å². The molecule has 0 aliphatic carbocycles. The molecule has 0 aromatic heterocycles. The molecule has 0 spiro atoms. The molecular formula is C21H23NO5. The number of ether oxygens (including phenoxy) is 2. The first kappa shape index (κ1) is 20.2. The van der Waals surface area contributed by atoms with E-state index in [0.29, 0.717) is 17.0 Å². The Morgan fingerprint density at radius 1 is 1.07 bits per heavy atom. The number of ketones is 1. The van der Waals surface area contributed by atoms with Gasteiger partial charge in [0.25, 0.3) is 5.91 Å². The zero-order chi connectivity index (χ0) is 19.8. The highest BCUT2D eigenvalue weighted by Gasteiger charge is 2.18. The molecule has 142 valence electrons. The van der Waals surface area contributed by atoms with E-state index in [2.05, 4.69) is 5.32 Å². The van der Waals surface area contributed by atoms with Crippen LogP contribution in [0.15, 0.2) is 48.5 Å². The van der Waals surface area contributed by atoms with Crippen molar-refractivity contribution < 1.29 is 23.9 Å². The molecule has 2 aromatic rings. The predicted molar refractivity (Wildman–Crippen MR) is 102 cm³/mol. The number of para-hydroxylation sites is 1. The Labute approximate surface area is 158 Å². The van der Waals surface area contributed by atoms with Gasteiger partial charge in [-0.25, -0.2) is 0 Å². The Bertz CT molecular complexity index is 831. The van der Waals surface area contributed by atoms with Gasteiger partial charge < -0.3 is 14.8 Å². The fourth-order valence-electron chi connectivity index (χ4n) is 2.33. The molecule has 0 aliphatic heterocycles. The summed E-state index contributed by atoms with van der Waals surface area (Å²) in [5.74, 6) is -0.381. The Balaban J connectivity index is 1.79. The lowest BCUT2D eigenvalue weighted by Crippen LogP contribution is -2.30. The van der Waals surface area contributed by atoms with E-state index in [1.165, 1.54) is 13.8 Å². The second-order valence-electron chi connectivity index (χ2n) is 6.12. The van der Waals surface area contributed by atoms with Crippen LogP contribution in [-0.2, 0) is 14.3 Å². The van der Waals surface area contributed by atoms with Gasteiger partial charge in [0.1, 0.15) is 5.75 Å². The molecule has 0 radical (unpaired) electrons. The second-order valence-corrected chi connectivity index (χ2v) is 6.12. The summed E-state index contributed by atoms with van der Waals surface area (Å²) in [5.41, 5.74) is 1.94. The van der Waals surface area contributed by atoms with Crippen molar-refractivity contribution in [2.24, 2.45) is 0 Å². The molecule has 1 N–H and O–H groups in total. The summed E-state index contributed by atoms with van der Waals surface area (Å²) in [7, 11) is 0. The summed E-state index contributed by atoms with van der Waals surface area (Å²) in [6.07, 6.45) is -0.928. The van der Waals surface area contributed by atoms with Gasteiger partial charge in [-0.3, -0.25) is 14.4 Å². The third kappa shape index (κ3) is 6.26. The molecule has 1 unspecified atom stereocenters. The number of benzene rings is 2. The highest BCUT2D eigenvalue weighted by molar-refractivity contribution is 5.98. The second kappa shape index (κ2) is 9.52. The number of hydrogen-bond donors (Lipinski definition) is 1. The van der Waals surface area contributed by atoms with Gasteiger partial charge in [0, 0.05) is 11.3 Å². The Morgan fingerprint density at radius 3 is 2.52 bits per heavy atom. The molecule has 0 bridgehead atoms. The molecule has 2 aromatic carbocycles. The van der Waals surface area contributed by atoms with E-state index in [1.54, 1.807) is 24.3 Å². The maximum Gasteiger partial charge on any atom is 0.310 e. The maximum absolute atomic E-state index is 12.2. The van der Waals surface area contributed by atoms with Crippen molar-refractivity contribution >= 4 is 23.3 Å². The van der Waals surface area contributed by atoms with E-state index in [-0.39, 0.29) is 18.8 Å². The highest BCUT2D eigenvalue weighted by atomic mass is 16.5. The molecule has 6 nitrogen and oxygen atoms in total. The van der Waals surface area contributed by atoms with Crippen LogP contribution < -0.4 is 10.1 Å². The molecule has 0 fully saturated rings. The first-order chi connectivity index (χ1) is 12.9. The molecule has 1 amide bonds. The molecule has 0 saturated heterocycles. The lowest BCUT2D eigenvalue weighted by atomic mass is 10.1. The summed E-state index contributed by atoms with van der Waals surface area (Å²) in [5, 5.41) is 2.63. The zero-order valence-electron chi connectivity index (χ0n) is 15.7. The maximum atomic E-state index is 12.2. The topological polar surface area (TPSA) is 81.7 Å². The van der Waals surface area contributed by atoms with E-state index in [4.69, 9.17) is 9.47 Å². The monoisotopic (exact) mass is 369 g/mol. The Kier molecular flexibility index (Phi) is 7.11. The number of Topliss-reactive ketones (excluding diaryl/α,β-unsaturated/α-hetero) is 1. The number of amides is 1. The van der Waals surface area contributed by atoms with E-state index < -0.39 is 18.0 Å². The third-order valence-corrected chi connectivity index (χ3v) is 3.87. The van der Waals surface area contributed by atoms with Gasteiger partial charge in [-0.1, -0.05) is 30.3 Å². The van der Waals surface area contributed by atoms with Crippen molar-refractivity contribution in [3.8, 4) is 5.75 Å². The van der Waals surface area contributed by atoms with Gasteiger partial charge >= 0.3 is 5.97 Å². The quantitative estimate of drug-likeness (QED) is 0.568. The molecule has 0 heterocycles. The predicted octanol–water partition coefficient (Wildman–Crippen LogP) is 3.54. The lowest BCUT2D eigenvalue weighted by Gasteiger charge is -2.14. The Hall–Kier alpha value is -3.15. The average Bonchev–Trinajstić information content (AvgIpc) is 2.63. The van der Waals surface area contributed by atoms with Crippen molar-refractivity contribution in [2.45, 2.75) is 33.3 Å². The SMILES string of the molecule is CC(=O)c1cccc(NC(=O)C(C)OC(=O)CCOc2ccccc2C)c1. The van der Waals surface area contributed by atoms with Crippen molar-refractivity contribution in [2.75, 3.05) is 11.9 Å². The molecule has 0 saturated carbocycles. The minimum absolute atomic E-state index is 0.0335. The number of carbonyl (C=O) groups is 3. The largest absolute Gasteiger partial charge is 0.493 e. The van der Waals surface area contributed by atoms with E-state index >= 15 is 0 Å². The Morgan fingerprint density at radius 2 is 1.81 bits per heavy atom. The van der Waals surface area contributed by atoms with E-state index in [9.17, 15) is 14.4 Å². The van der Waals surface area contributed by atoms with Crippen LogP contribution in [-0.4, -0.2) is 30.4 Å². The van der Waals surface area contributed by atoms with Crippen molar-refractivity contribution in [1.82, 2.24) is 0 Å². The fourth-order valence-corrected chi connectivity index (χ4v) is 2.33. The number of hydrogen-bond acceptors (Lipinski definition) is 5. The van der Waals surface area contributed by atoms with Gasteiger partial charge in [0.2, 0.25) is 0 Å². The van der Waals surface area contributed by atoms with Crippen LogP contribution in [0.25, 0.3) is 0 Å². The number of nitrogens with one attached hydrogen (secondary N) is 1. The minimum Gasteiger partial charge on any atom is -0.493 e. The van der Waals surface area contributed by atoms with Crippen molar-refractivity contribution in [3.05, 3.63) is 59.7 Å². The van der Waals surface area contributed by atoms with Crippen LogP contribution in [0.3, 0.4) is 0 Å². The van der Waals surface area contributed by atoms with Crippen LogP contribution in [0.4, 0.5) is 5.69 Å². The van der Waals surface area contributed by atoms with Crippen LogP contribution in [0.1, 0.15) is 36.2 Å². The van der Waals surface area contributed by atoms with Crippen LogP contribution in [0.5, 0.6) is 5.75 Å². The molecule has 6 heteroatoms. The van der Waals surface area contributed by atoms with E-state index in [0.717, 1.165) is 5.56 Å². The van der Waals surface area contributed by atoms with Gasteiger partial charge in [-0.05, 0) is 44.5 Å². The number of aryl methyl sites for hydroxylation is 1. The number of rotatable bonds is 8. The lowest BCUT2D eigenvalue weighted by molar-refractivity contribution is -0.153. The molecule has 2 rings (SSSR count). The molecule has 0 aliphatic rings. The normalized spacial score (nSPS) is 11.4. The summed E-state index contributed by atoms with van der Waals surface area (Å²) in [4.78, 5) is 35.5. The summed E-state index contributed by atoms with van der Waals surface area (Å²) >= 11 is 0. The number of esters is 1. The summed E-state index contributed by atoms with van der Waals surface area (Å²) in [6.45, 7) is 5.02. The number of carbonyl (C=O) groups excluding carboxylic acids is 3. The number of anilines is 1. The average molecular weight is 369 g/mol. The summed E-state index contributed by atoms with van der Waals surface area (Å²) in [6, 6.07) is 14.1. The van der Waals surface area contributed by atoms with E-state index in [1.807, 2.05) is 31.2 Å². The standard InChI is InChI=1S/C21H23NO5/c1-14-7-4-5-10-19(14)26-12-11-20(24)27-16(3)21(25)22-18-9-6-8-17(13-18)15(2)23/h4-10,13,16H,11-12H2,1-3H3,(H,22,25). The fraction of sp³-hybridized carbons (Fsp3) is 0.286. The molecule has 1 atom stereocenters. The van der Waals surface area contributed by atoms with Crippen molar-refractivity contribution in [1.29, 1.82) is 0 Å². The smallest absolute Gasteiger partial charge is 0.310 e. The van der Waals surface area contributed by atoms with Gasteiger partial charge in [-0.15, -0.1) is 0 Å². The molecule has 27 heavy (non-hydrogen) atoms. The first-order valence-corrected chi connectivity index (χ1v) is 8.66.